The highest BCUT2D eigenvalue weighted by molar-refractivity contribution is 6.00. The molecule has 1 unspecified atom stereocenters. The Kier molecular flexibility index (Phi) is 5.21. The van der Waals surface area contributed by atoms with Crippen LogP contribution in [0.2, 0.25) is 0 Å². The lowest BCUT2D eigenvalue weighted by Gasteiger charge is -2.23. The van der Waals surface area contributed by atoms with Crippen molar-refractivity contribution >= 4 is 22.7 Å². The number of aryl methyl sites for hydroxylation is 1. The van der Waals surface area contributed by atoms with E-state index in [-0.39, 0.29) is 17.9 Å². The van der Waals surface area contributed by atoms with Crippen LogP contribution in [0.3, 0.4) is 0 Å². The number of para-hydroxylation sites is 1. The molecule has 10 heteroatoms. The molecule has 5 aromatic rings. The van der Waals surface area contributed by atoms with E-state index in [1.165, 1.54) is 11.7 Å². The number of hydrogen-bond donors (Lipinski definition) is 0. The minimum atomic E-state index is -0.348. The van der Waals surface area contributed by atoms with Gasteiger partial charge >= 0.3 is 0 Å². The highest BCUT2D eigenvalue weighted by atomic mass is 16.5. The summed E-state index contributed by atoms with van der Waals surface area (Å²) < 4.78 is 7.26. The molecule has 1 aliphatic heterocycles. The first-order valence-electron chi connectivity index (χ1n) is 11.7. The van der Waals surface area contributed by atoms with Crippen LogP contribution in [0.25, 0.3) is 28.0 Å². The van der Waals surface area contributed by atoms with Crippen molar-refractivity contribution in [2.75, 3.05) is 6.54 Å². The normalized spacial score (nSPS) is 15.6. The number of nitrogens with zero attached hydrogens (tertiary/aromatic N) is 7. The second-order valence-corrected chi connectivity index (χ2v) is 8.90. The topological polar surface area (TPSA) is 112 Å². The van der Waals surface area contributed by atoms with Crippen molar-refractivity contribution in [2.24, 2.45) is 0 Å². The molecule has 0 aliphatic carbocycles. The number of hydrogen-bond acceptors (Lipinski definition) is 7. The van der Waals surface area contributed by atoms with Gasteiger partial charge < -0.3 is 9.42 Å². The molecule has 4 heterocycles. The Hall–Kier alpha value is -4.60. The number of benzene rings is 2. The Labute approximate surface area is 206 Å². The lowest BCUT2D eigenvalue weighted by atomic mass is 10.1. The third kappa shape index (κ3) is 3.58. The summed E-state index contributed by atoms with van der Waals surface area (Å²) in [6.07, 6.45) is 6.42. The molecule has 1 fully saturated rings. The van der Waals surface area contributed by atoms with Crippen LogP contribution in [0.15, 0.2) is 65.6 Å². The van der Waals surface area contributed by atoms with Crippen LogP contribution in [0.4, 0.5) is 0 Å². The predicted octanol–water partition coefficient (Wildman–Crippen LogP) is 4.22. The SMILES string of the molecule is CC(=O)n1cc(-c2noc(C3CCCN3C(=O)c3cc(C)ccc3-n3nccn3)n2)c2ccccc21. The first-order valence-corrected chi connectivity index (χ1v) is 11.7. The number of amides is 1. The molecular weight excluding hydrogens is 458 g/mol. The third-order valence-corrected chi connectivity index (χ3v) is 6.55. The monoisotopic (exact) mass is 481 g/mol. The van der Waals surface area contributed by atoms with E-state index in [0.29, 0.717) is 41.5 Å². The molecule has 36 heavy (non-hydrogen) atoms. The van der Waals surface area contributed by atoms with Crippen LogP contribution in [0.1, 0.15) is 52.4 Å². The van der Waals surface area contributed by atoms with E-state index < -0.39 is 0 Å². The van der Waals surface area contributed by atoms with Crippen molar-refractivity contribution in [1.82, 2.24) is 34.6 Å². The Morgan fingerprint density at radius 1 is 1.08 bits per heavy atom. The van der Waals surface area contributed by atoms with E-state index >= 15 is 0 Å². The molecule has 1 atom stereocenters. The zero-order valence-corrected chi connectivity index (χ0v) is 19.8. The van der Waals surface area contributed by atoms with E-state index in [4.69, 9.17) is 4.52 Å². The lowest BCUT2D eigenvalue weighted by molar-refractivity contribution is 0.0709. The zero-order valence-electron chi connectivity index (χ0n) is 19.8. The van der Waals surface area contributed by atoms with Gasteiger partial charge in [0.1, 0.15) is 6.04 Å². The summed E-state index contributed by atoms with van der Waals surface area (Å²) >= 11 is 0. The number of carbonyl (C=O) groups is 2. The lowest BCUT2D eigenvalue weighted by Crippen LogP contribution is -2.31. The molecule has 0 saturated carbocycles. The molecule has 2 aromatic carbocycles. The molecule has 180 valence electrons. The van der Waals surface area contributed by atoms with Gasteiger partial charge in [-0.25, -0.2) is 0 Å². The van der Waals surface area contributed by atoms with Gasteiger partial charge in [0.25, 0.3) is 5.91 Å². The van der Waals surface area contributed by atoms with Crippen molar-refractivity contribution in [2.45, 2.75) is 32.7 Å². The van der Waals surface area contributed by atoms with Crippen molar-refractivity contribution < 1.29 is 14.1 Å². The number of likely N-dealkylation sites (tertiary alicyclic amines) is 1. The van der Waals surface area contributed by atoms with Crippen LogP contribution in [0.5, 0.6) is 0 Å². The first-order chi connectivity index (χ1) is 17.5. The highest BCUT2D eigenvalue weighted by Gasteiger charge is 2.36. The molecule has 0 N–H and O–H groups in total. The summed E-state index contributed by atoms with van der Waals surface area (Å²) in [5, 5.41) is 13.5. The van der Waals surface area contributed by atoms with Gasteiger partial charge in [0.2, 0.25) is 17.6 Å². The zero-order chi connectivity index (χ0) is 24.8. The third-order valence-electron chi connectivity index (χ3n) is 6.55. The smallest absolute Gasteiger partial charge is 0.256 e. The number of aromatic nitrogens is 6. The minimum absolute atomic E-state index is 0.102. The maximum absolute atomic E-state index is 13.8. The molecule has 0 spiro atoms. The van der Waals surface area contributed by atoms with E-state index in [1.807, 2.05) is 49.4 Å². The largest absolute Gasteiger partial charge is 0.337 e. The van der Waals surface area contributed by atoms with E-state index in [9.17, 15) is 9.59 Å². The Morgan fingerprint density at radius 3 is 2.69 bits per heavy atom. The van der Waals surface area contributed by atoms with Crippen molar-refractivity contribution in [3.63, 3.8) is 0 Å². The van der Waals surface area contributed by atoms with Gasteiger partial charge in [0.15, 0.2) is 0 Å². The van der Waals surface area contributed by atoms with Crippen LogP contribution in [0, 0.1) is 6.92 Å². The average molecular weight is 482 g/mol. The van der Waals surface area contributed by atoms with E-state index in [1.54, 1.807) is 28.1 Å². The van der Waals surface area contributed by atoms with Gasteiger partial charge in [-0.05, 0) is 38.0 Å². The standard InChI is InChI=1S/C26H23N7O3/c1-16-9-10-22(33-27-11-12-28-33)19(14-16)26(35)31-13-5-8-23(31)25-29-24(30-36-25)20-15-32(17(2)34)21-7-4-3-6-18(20)21/h3-4,6-7,9-12,14-15,23H,5,8,13H2,1-2H3. The van der Waals surface area contributed by atoms with Crippen LogP contribution in [-0.2, 0) is 0 Å². The maximum Gasteiger partial charge on any atom is 0.256 e. The fourth-order valence-corrected chi connectivity index (χ4v) is 4.86. The molecule has 0 bridgehead atoms. The Bertz CT molecular complexity index is 1600. The summed E-state index contributed by atoms with van der Waals surface area (Å²) in [7, 11) is 0. The molecule has 0 radical (unpaired) electrons. The number of carbonyl (C=O) groups excluding carboxylic acids is 2. The molecule has 6 rings (SSSR count). The maximum atomic E-state index is 13.8. The molecule has 1 saturated heterocycles. The summed E-state index contributed by atoms with van der Waals surface area (Å²) in [5.74, 6) is 0.523. The number of fused-ring (bicyclic) bond motifs is 1. The van der Waals surface area contributed by atoms with Crippen LogP contribution >= 0.6 is 0 Å². The predicted molar refractivity (Wildman–Crippen MR) is 131 cm³/mol. The second-order valence-electron chi connectivity index (χ2n) is 8.90. The molecule has 1 amide bonds. The molecular formula is C26H23N7O3. The molecule has 1 aliphatic rings. The Morgan fingerprint density at radius 2 is 1.89 bits per heavy atom. The van der Waals surface area contributed by atoms with Crippen LogP contribution in [-0.4, -0.2) is 53.0 Å². The molecule has 3 aromatic heterocycles. The number of rotatable bonds is 4. The fraction of sp³-hybridized carbons (Fsp3) is 0.231. The minimum Gasteiger partial charge on any atom is -0.337 e. The van der Waals surface area contributed by atoms with Gasteiger partial charge in [-0.1, -0.05) is 35.0 Å². The van der Waals surface area contributed by atoms with Crippen molar-refractivity contribution in [3.8, 4) is 17.1 Å². The Balaban J connectivity index is 1.35. The second kappa shape index (κ2) is 8.56. The van der Waals surface area contributed by atoms with E-state index in [2.05, 4.69) is 20.3 Å². The van der Waals surface area contributed by atoms with Crippen molar-refractivity contribution in [1.29, 1.82) is 0 Å². The van der Waals surface area contributed by atoms with Crippen molar-refractivity contribution in [3.05, 3.63) is 78.1 Å². The average Bonchev–Trinajstić information content (AvgIpc) is 3.68. The summed E-state index contributed by atoms with van der Waals surface area (Å²) in [5.41, 5.74) is 3.58. The van der Waals surface area contributed by atoms with Gasteiger partial charge in [-0.15, -0.1) is 0 Å². The summed E-state index contributed by atoms with van der Waals surface area (Å²) in [6, 6.07) is 12.9. The summed E-state index contributed by atoms with van der Waals surface area (Å²) in [4.78, 5) is 33.8. The molecule has 10 nitrogen and oxygen atoms in total. The quantitative estimate of drug-likeness (QED) is 0.378. The first kappa shape index (κ1) is 21.9. The fourth-order valence-electron chi connectivity index (χ4n) is 4.86. The van der Waals surface area contributed by atoms with Gasteiger partial charge in [-0.3, -0.25) is 14.2 Å². The van der Waals surface area contributed by atoms with Gasteiger partial charge in [-0.2, -0.15) is 20.0 Å². The van der Waals surface area contributed by atoms with E-state index in [0.717, 1.165) is 22.9 Å². The highest BCUT2D eigenvalue weighted by Crippen LogP contribution is 2.35. The van der Waals surface area contributed by atoms with Gasteiger partial charge in [0, 0.05) is 30.6 Å². The van der Waals surface area contributed by atoms with Gasteiger partial charge in [0.05, 0.1) is 29.2 Å². The summed E-state index contributed by atoms with van der Waals surface area (Å²) in [6.45, 7) is 4.03. The van der Waals surface area contributed by atoms with Crippen LogP contribution < -0.4 is 0 Å².